The van der Waals surface area contributed by atoms with Gasteiger partial charge in [0.25, 0.3) is 0 Å². The highest BCUT2D eigenvalue weighted by Crippen LogP contribution is 2.22. The molecule has 0 atom stereocenters. The van der Waals surface area contributed by atoms with E-state index in [0.29, 0.717) is 0 Å². The minimum Gasteiger partial charge on any atom is -0.368 e. The van der Waals surface area contributed by atoms with Crippen molar-refractivity contribution in [3.05, 3.63) is 64.2 Å². The van der Waals surface area contributed by atoms with Crippen LogP contribution in [0.15, 0.2) is 36.4 Å². The molecule has 124 valence electrons. The first-order chi connectivity index (χ1) is 11.6. The lowest BCUT2D eigenvalue weighted by Gasteiger charge is -2.36. The molecule has 1 aliphatic rings. The second-order valence-electron chi connectivity index (χ2n) is 6.79. The quantitative estimate of drug-likeness (QED) is 0.792. The highest BCUT2D eigenvalue weighted by Gasteiger charge is 2.19. The summed E-state index contributed by atoms with van der Waals surface area (Å²) in [6.07, 6.45) is 5.64. The molecule has 2 nitrogen and oxygen atoms in total. The van der Waals surface area contributed by atoms with Crippen molar-refractivity contribution in [1.82, 2.24) is 4.90 Å². The van der Waals surface area contributed by atoms with Crippen LogP contribution in [0.25, 0.3) is 0 Å². The fourth-order valence-corrected chi connectivity index (χ4v) is 3.45. The van der Waals surface area contributed by atoms with Crippen molar-refractivity contribution in [2.75, 3.05) is 31.1 Å². The molecule has 0 N–H and O–H groups in total. The predicted molar refractivity (Wildman–Crippen MR) is 103 cm³/mol. The third-order valence-electron chi connectivity index (χ3n) is 5.12. The minimum atomic E-state index is 0.996. The van der Waals surface area contributed by atoms with E-state index in [1.54, 1.807) is 0 Å². The van der Waals surface area contributed by atoms with Gasteiger partial charge >= 0.3 is 0 Å². The smallest absolute Gasteiger partial charge is 0.0526 e. The molecule has 3 rings (SSSR count). The topological polar surface area (TPSA) is 6.48 Å². The molecule has 0 amide bonds. The van der Waals surface area contributed by atoms with Crippen molar-refractivity contribution in [1.29, 1.82) is 0 Å². The Kier molecular flexibility index (Phi) is 4.92. The van der Waals surface area contributed by atoms with Crippen LogP contribution >= 0.6 is 0 Å². The lowest BCUT2D eigenvalue weighted by Crippen LogP contribution is -2.46. The van der Waals surface area contributed by atoms with Gasteiger partial charge in [-0.25, -0.2) is 0 Å². The van der Waals surface area contributed by atoms with E-state index >= 15 is 0 Å². The zero-order valence-corrected chi connectivity index (χ0v) is 15.0. The maximum Gasteiger partial charge on any atom is 0.0526 e. The average molecular weight is 318 g/mol. The van der Waals surface area contributed by atoms with Crippen LogP contribution in [0.5, 0.6) is 0 Å². The van der Waals surface area contributed by atoms with Crippen LogP contribution in [-0.4, -0.2) is 31.1 Å². The molecule has 2 aromatic rings. The minimum absolute atomic E-state index is 0.996. The first-order valence-corrected chi connectivity index (χ1v) is 8.68. The van der Waals surface area contributed by atoms with E-state index < -0.39 is 0 Å². The summed E-state index contributed by atoms with van der Waals surface area (Å²) >= 11 is 0. The SMILES string of the molecule is C#Cc1ccccc1N1CCN(Cc2cc(C)c(C)cc2C)CC1. The lowest BCUT2D eigenvalue weighted by atomic mass is 10.0. The van der Waals surface area contributed by atoms with Crippen LogP contribution in [0.1, 0.15) is 27.8 Å². The van der Waals surface area contributed by atoms with Gasteiger partial charge in [-0.3, -0.25) is 4.90 Å². The Morgan fingerprint density at radius 3 is 2.29 bits per heavy atom. The van der Waals surface area contributed by atoms with Crippen molar-refractivity contribution in [3.63, 3.8) is 0 Å². The maximum atomic E-state index is 5.64. The number of benzene rings is 2. The number of piperazine rings is 1. The first-order valence-electron chi connectivity index (χ1n) is 8.68. The summed E-state index contributed by atoms with van der Waals surface area (Å²) in [5, 5.41) is 0. The standard InChI is InChI=1S/C22H26N2/c1-5-20-8-6-7-9-22(20)24-12-10-23(11-13-24)16-21-15-18(3)17(2)14-19(21)4/h1,6-9,14-15H,10-13,16H2,2-4H3. The molecule has 24 heavy (non-hydrogen) atoms. The van der Waals surface area contributed by atoms with Crippen LogP contribution in [0, 0.1) is 33.1 Å². The fraction of sp³-hybridized carbons (Fsp3) is 0.364. The first kappa shape index (κ1) is 16.6. The number of anilines is 1. The second kappa shape index (κ2) is 7.11. The summed E-state index contributed by atoms with van der Waals surface area (Å²) in [4.78, 5) is 4.96. The number of hydrogen-bond acceptors (Lipinski definition) is 2. The van der Waals surface area contributed by atoms with Crippen LogP contribution < -0.4 is 4.90 Å². The number of hydrogen-bond donors (Lipinski definition) is 0. The summed E-state index contributed by atoms with van der Waals surface area (Å²) in [6, 6.07) is 12.9. The third kappa shape index (κ3) is 3.47. The molecule has 1 saturated heterocycles. The molecule has 0 aliphatic carbocycles. The lowest BCUT2D eigenvalue weighted by molar-refractivity contribution is 0.249. The van der Waals surface area contributed by atoms with E-state index in [2.05, 4.69) is 60.8 Å². The Morgan fingerprint density at radius 1 is 0.917 bits per heavy atom. The Balaban J connectivity index is 1.66. The van der Waals surface area contributed by atoms with Gasteiger partial charge in [-0.1, -0.05) is 30.2 Å². The summed E-state index contributed by atoms with van der Waals surface area (Å²) < 4.78 is 0. The number of aryl methyl sites for hydroxylation is 3. The zero-order chi connectivity index (χ0) is 17.1. The van der Waals surface area contributed by atoms with Gasteiger partial charge in [-0.15, -0.1) is 6.42 Å². The van der Waals surface area contributed by atoms with Gasteiger partial charge in [0, 0.05) is 38.3 Å². The predicted octanol–water partition coefficient (Wildman–Crippen LogP) is 3.92. The van der Waals surface area contributed by atoms with Crippen LogP contribution in [-0.2, 0) is 6.54 Å². The highest BCUT2D eigenvalue weighted by molar-refractivity contribution is 5.60. The normalized spacial score (nSPS) is 15.3. The van der Waals surface area contributed by atoms with Gasteiger partial charge in [0.15, 0.2) is 0 Å². The molecule has 0 unspecified atom stereocenters. The fourth-order valence-electron chi connectivity index (χ4n) is 3.45. The van der Waals surface area contributed by atoms with Gasteiger partial charge in [0.2, 0.25) is 0 Å². The molecule has 2 aromatic carbocycles. The number of rotatable bonds is 3. The van der Waals surface area contributed by atoms with E-state index in [1.165, 1.54) is 27.9 Å². The van der Waals surface area contributed by atoms with E-state index in [9.17, 15) is 0 Å². The second-order valence-corrected chi connectivity index (χ2v) is 6.79. The molecule has 1 fully saturated rings. The molecule has 0 spiro atoms. The summed E-state index contributed by atoms with van der Waals surface area (Å²) in [7, 11) is 0. The highest BCUT2D eigenvalue weighted by atomic mass is 15.3. The van der Waals surface area contributed by atoms with Crippen LogP contribution in [0.3, 0.4) is 0 Å². The Labute approximate surface area is 146 Å². The van der Waals surface area contributed by atoms with E-state index in [-0.39, 0.29) is 0 Å². The molecule has 2 heteroatoms. The van der Waals surface area contributed by atoms with Crippen LogP contribution in [0.2, 0.25) is 0 Å². The molecular weight excluding hydrogens is 292 g/mol. The van der Waals surface area contributed by atoms with Gasteiger partial charge in [-0.05, 0) is 55.2 Å². The van der Waals surface area contributed by atoms with Crippen molar-refractivity contribution in [2.45, 2.75) is 27.3 Å². The van der Waals surface area contributed by atoms with E-state index in [0.717, 1.165) is 38.3 Å². The monoisotopic (exact) mass is 318 g/mol. The molecule has 0 bridgehead atoms. The average Bonchev–Trinajstić information content (AvgIpc) is 2.60. The van der Waals surface area contributed by atoms with Gasteiger partial charge in [0.05, 0.1) is 5.69 Å². The third-order valence-corrected chi connectivity index (χ3v) is 5.12. The molecule has 1 heterocycles. The van der Waals surface area contributed by atoms with Crippen molar-refractivity contribution in [3.8, 4) is 12.3 Å². The molecule has 0 aromatic heterocycles. The van der Waals surface area contributed by atoms with E-state index in [4.69, 9.17) is 6.42 Å². The zero-order valence-electron chi connectivity index (χ0n) is 15.0. The van der Waals surface area contributed by atoms with Gasteiger partial charge in [-0.2, -0.15) is 0 Å². The summed E-state index contributed by atoms with van der Waals surface area (Å²) in [5.41, 5.74) is 7.82. The molecular formula is C22H26N2. The summed E-state index contributed by atoms with van der Waals surface area (Å²) in [6.45, 7) is 11.9. The Hall–Kier alpha value is -2.24. The molecule has 0 radical (unpaired) electrons. The van der Waals surface area contributed by atoms with Gasteiger partial charge in [0.1, 0.15) is 0 Å². The number of terminal acetylenes is 1. The summed E-state index contributed by atoms with van der Waals surface area (Å²) in [5.74, 6) is 2.81. The number of nitrogens with zero attached hydrogens (tertiary/aromatic N) is 2. The largest absolute Gasteiger partial charge is 0.368 e. The van der Waals surface area contributed by atoms with Crippen molar-refractivity contribution < 1.29 is 0 Å². The maximum absolute atomic E-state index is 5.64. The molecule has 0 saturated carbocycles. The van der Waals surface area contributed by atoms with E-state index in [1.807, 2.05) is 12.1 Å². The van der Waals surface area contributed by atoms with Gasteiger partial charge < -0.3 is 4.90 Å². The Bertz CT molecular complexity index is 762. The Morgan fingerprint density at radius 2 is 1.58 bits per heavy atom. The van der Waals surface area contributed by atoms with Crippen molar-refractivity contribution >= 4 is 5.69 Å². The number of para-hydroxylation sites is 1. The van der Waals surface area contributed by atoms with Crippen molar-refractivity contribution in [2.24, 2.45) is 0 Å². The van der Waals surface area contributed by atoms with Crippen LogP contribution in [0.4, 0.5) is 5.69 Å². The molecule has 1 aliphatic heterocycles.